The maximum Gasteiger partial charge on any atom is 0.0989 e. The predicted molar refractivity (Wildman–Crippen MR) is 47.8 cm³/mol. The van der Waals surface area contributed by atoms with E-state index in [9.17, 15) is 0 Å². The average Bonchev–Trinajstić information content (AvgIpc) is 2.33. The third-order valence-corrected chi connectivity index (χ3v) is 2.07. The van der Waals surface area contributed by atoms with E-state index in [-0.39, 0.29) is 12.3 Å². The minimum Gasteiger partial charge on any atom is -0.360 e. The lowest BCUT2D eigenvalue weighted by Crippen LogP contribution is -2.29. The first kappa shape index (κ1) is 10.4. The Balaban J connectivity index is 0.000000500. The molecule has 1 fully saturated rings. The normalized spacial score (nSPS) is 21.1. The second-order valence-corrected chi connectivity index (χ2v) is 2.74. The van der Waals surface area contributed by atoms with Crippen LogP contribution in [-0.2, 0) is 0 Å². The highest BCUT2D eigenvalue weighted by molar-refractivity contribution is 5.84. The van der Waals surface area contributed by atoms with Crippen LogP contribution in [0.1, 0.15) is 19.3 Å². The summed E-state index contributed by atoms with van der Waals surface area (Å²) < 4.78 is 0. The van der Waals surface area contributed by atoms with E-state index >= 15 is 0 Å². The number of hydrogen-bond donors (Lipinski definition) is 2. The fourth-order valence-corrected chi connectivity index (χ4v) is 1.60. The van der Waals surface area contributed by atoms with Gasteiger partial charge in [0, 0.05) is 26.1 Å². The fraction of sp³-hybridized carbons (Fsp3) is 0.857. The van der Waals surface area contributed by atoms with E-state index in [4.69, 9.17) is 0 Å². The summed E-state index contributed by atoms with van der Waals surface area (Å²) in [5.41, 5.74) is 0. The van der Waals surface area contributed by atoms with E-state index < -0.39 is 0 Å². The first-order chi connectivity index (χ1) is 4.47. The number of nitrogens with zero attached hydrogens (tertiary/aromatic N) is 2. The number of hydrogen-bond acceptors (Lipinski definition) is 4. The molecule has 0 saturated carbocycles. The molecule has 4 heteroatoms. The molecule has 66 valence electrons. The second kappa shape index (κ2) is 4.31. The SMILES string of the molecule is C1CN=C2CCCN2C1.N.N. The molecule has 6 N–H and O–H groups in total. The summed E-state index contributed by atoms with van der Waals surface area (Å²) in [7, 11) is 0. The molecule has 4 nitrogen and oxygen atoms in total. The Labute approximate surface area is 67.8 Å². The maximum absolute atomic E-state index is 4.43. The van der Waals surface area contributed by atoms with Crippen LogP contribution in [0.25, 0.3) is 0 Å². The van der Waals surface area contributed by atoms with Gasteiger partial charge in [0.15, 0.2) is 0 Å². The van der Waals surface area contributed by atoms with Gasteiger partial charge < -0.3 is 17.2 Å². The Morgan fingerprint density at radius 2 is 1.82 bits per heavy atom. The first-order valence-corrected chi connectivity index (χ1v) is 3.75. The third-order valence-electron chi connectivity index (χ3n) is 2.07. The van der Waals surface area contributed by atoms with Crippen molar-refractivity contribution in [2.24, 2.45) is 4.99 Å². The molecule has 2 rings (SSSR count). The molecule has 0 radical (unpaired) electrons. The van der Waals surface area contributed by atoms with E-state index in [2.05, 4.69) is 9.89 Å². The highest BCUT2D eigenvalue weighted by atomic mass is 15.2. The van der Waals surface area contributed by atoms with Crippen LogP contribution in [0.3, 0.4) is 0 Å². The van der Waals surface area contributed by atoms with Crippen LogP contribution in [0.2, 0.25) is 0 Å². The average molecular weight is 158 g/mol. The standard InChI is InChI=1S/C7H12N2.2H3N/c1-3-7-8-4-2-6-9(7)5-1;;/h1-6H2;2*1H3. The maximum atomic E-state index is 4.43. The number of aliphatic imine (C=N–C) groups is 1. The van der Waals surface area contributed by atoms with Gasteiger partial charge in [-0.05, 0) is 12.8 Å². The summed E-state index contributed by atoms with van der Waals surface area (Å²) in [6.07, 6.45) is 3.84. The Morgan fingerprint density at radius 3 is 2.55 bits per heavy atom. The topological polar surface area (TPSA) is 85.6 Å². The van der Waals surface area contributed by atoms with Crippen molar-refractivity contribution in [2.45, 2.75) is 19.3 Å². The first-order valence-electron chi connectivity index (χ1n) is 3.75. The highest BCUT2D eigenvalue weighted by Crippen LogP contribution is 2.14. The zero-order chi connectivity index (χ0) is 6.10. The Morgan fingerprint density at radius 1 is 1.09 bits per heavy atom. The lowest BCUT2D eigenvalue weighted by Gasteiger charge is -2.21. The molecule has 0 aromatic heterocycles. The van der Waals surface area contributed by atoms with Crippen LogP contribution in [-0.4, -0.2) is 30.4 Å². The molecule has 0 amide bonds. The van der Waals surface area contributed by atoms with Crippen LogP contribution in [0.4, 0.5) is 0 Å². The van der Waals surface area contributed by atoms with Gasteiger partial charge in [-0.25, -0.2) is 0 Å². The van der Waals surface area contributed by atoms with E-state index in [1.54, 1.807) is 0 Å². The van der Waals surface area contributed by atoms with Crippen molar-refractivity contribution in [3.63, 3.8) is 0 Å². The van der Waals surface area contributed by atoms with Crippen molar-refractivity contribution in [2.75, 3.05) is 19.6 Å². The summed E-state index contributed by atoms with van der Waals surface area (Å²) >= 11 is 0. The minimum atomic E-state index is 0. The van der Waals surface area contributed by atoms with Gasteiger partial charge in [-0.15, -0.1) is 0 Å². The fourth-order valence-electron chi connectivity index (χ4n) is 1.60. The smallest absolute Gasteiger partial charge is 0.0989 e. The van der Waals surface area contributed by atoms with Crippen LogP contribution in [0.5, 0.6) is 0 Å². The molecule has 2 aliphatic rings. The van der Waals surface area contributed by atoms with Crippen molar-refractivity contribution in [1.29, 1.82) is 0 Å². The summed E-state index contributed by atoms with van der Waals surface area (Å²) in [6, 6.07) is 0. The Bertz CT molecular complexity index is 143. The molecule has 0 spiro atoms. The Hall–Kier alpha value is -0.610. The van der Waals surface area contributed by atoms with Gasteiger partial charge in [-0.3, -0.25) is 4.99 Å². The predicted octanol–water partition coefficient (Wildman–Crippen LogP) is 1.21. The van der Waals surface area contributed by atoms with Gasteiger partial charge in [0.05, 0.1) is 5.84 Å². The van der Waals surface area contributed by atoms with E-state index in [1.165, 1.54) is 38.2 Å². The van der Waals surface area contributed by atoms with Crippen LogP contribution < -0.4 is 12.3 Å². The molecule has 11 heavy (non-hydrogen) atoms. The summed E-state index contributed by atoms with van der Waals surface area (Å²) in [6.45, 7) is 3.60. The highest BCUT2D eigenvalue weighted by Gasteiger charge is 2.19. The lowest BCUT2D eigenvalue weighted by atomic mass is 10.3. The monoisotopic (exact) mass is 158 g/mol. The molecule has 2 heterocycles. The van der Waals surface area contributed by atoms with Crippen molar-refractivity contribution in [3.05, 3.63) is 0 Å². The second-order valence-electron chi connectivity index (χ2n) is 2.74. The quantitative estimate of drug-likeness (QED) is 0.555. The molecule has 0 unspecified atom stereocenters. The number of rotatable bonds is 0. The van der Waals surface area contributed by atoms with E-state index in [0.29, 0.717) is 0 Å². The molecule has 2 aliphatic heterocycles. The van der Waals surface area contributed by atoms with Gasteiger partial charge >= 0.3 is 0 Å². The van der Waals surface area contributed by atoms with Crippen molar-refractivity contribution in [1.82, 2.24) is 17.2 Å². The lowest BCUT2D eigenvalue weighted by molar-refractivity contribution is 0.427. The van der Waals surface area contributed by atoms with Crippen LogP contribution >= 0.6 is 0 Å². The Kier molecular flexibility index (Phi) is 4.07. The zero-order valence-corrected chi connectivity index (χ0v) is 7.05. The van der Waals surface area contributed by atoms with Gasteiger partial charge in [0.2, 0.25) is 0 Å². The largest absolute Gasteiger partial charge is 0.360 e. The zero-order valence-electron chi connectivity index (χ0n) is 7.05. The van der Waals surface area contributed by atoms with Gasteiger partial charge in [0.25, 0.3) is 0 Å². The molecule has 0 aromatic rings. The number of fused-ring (bicyclic) bond motifs is 1. The third kappa shape index (κ3) is 1.91. The van der Waals surface area contributed by atoms with E-state index in [0.717, 1.165) is 6.54 Å². The molecular weight excluding hydrogens is 140 g/mol. The molecule has 0 bridgehead atoms. The molecule has 0 aliphatic carbocycles. The van der Waals surface area contributed by atoms with Gasteiger partial charge in [-0.2, -0.15) is 0 Å². The molecule has 1 saturated heterocycles. The van der Waals surface area contributed by atoms with Crippen LogP contribution in [0.15, 0.2) is 4.99 Å². The van der Waals surface area contributed by atoms with Gasteiger partial charge in [0.1, 0.15) is 0 Å². The molecule has 0 atom stereocenters. The van der Waals surface area contributed by atoms with Crippen molar-refractivity contribution >= 4 is 5.84 Å². The molecule has 0 aromatic carbocycles. The summed E-state index contributed by atoms with van der Waals surface area (Å²) in [5, 5.41) is 0. The summed E-state index contributed by atoms with van der Waals surface area (Å²) in [4.78, 5) is 6.85. The molecular formula is C7H18N4. The van der Waals surface area contributed by atoms with Crippen molar-refractivity contribution < 1.29 is 0 Å². The summed E-state index contributed by atoms with van der Waals surface area (Å²) in [5.74, 6) is 1.38. The van der Waals surface area contributed by atoms with Crippen molar-refractivity contribution in [3.8, 4) is 0 Å². The van der Waals surface area contributed by atoms with Crippen LogP contribution in [0, 0.1) is 0 Å². The van der Waals surface area contributed by atoms with E-state index in [1.807, 2.05) is 0 Å². The number of amidine groups is 1. The minimum absolute atomic E-state index is 0. The van der Waals surface area contributed by atoms with Gasteiger partial charge in [-0.1, -0.05) is 0 Å².